The Morgan fingerprint density at radius 1 is 0.524 bits per heavy atom. The number of nitrogens with one attached hydrogen (secondary N) is 4. The second-order valence-electron chi connectivity index (χ2n) is 13.6. The molecule has 0 atom stereocenters. The predicted molar refractivity (Wildman–Crippen MR) is 214 cm³/mol. The Morgan fingerprint density at radius 3 is 1.41 bits per heavy atom. The Bertz CT molecular complexity index is 1620. The standard InChI is InChI=1S/C39H57N7O17/c1-29(47)28-44(63-37(55)27-43-39(57)62-25-23-59-20-15-41-31(49)9-5-3-7-17-46-34(52)12-13-35(46)53)18-21-60-36(54)26-42-38(56)61-24-22-58-19-14-40-30(48)8-4-2-6-16-45-32(50)10-11-33(45)51/h10-13H,2-9,14-28H2,1H3,(H,40,48)(H,41,49)(H,42,56)(H,43,57). The van der Waals surface area contributed by atoms with E-state index >= 15 is 0 Å². The Morgan fingerprint density at radius 2 is 0.968 bits per heavy atom. The lowest BCUT2D eigenvalue weighted by molar-refractivity contribution is -0.192. The molecule has 0 aliphatic carbocycles. The van der Waals surface area contributed by atoms with E-state index in [4.69, 9.17) is 28.5 Å². The lowest BCUT2D eigenvalue weighted by atomic mass is 10.2. The molecule has 0 aromatic rings. The molecule has 24 heteroatoms. The molecule has 0 fully saturated rings. The normalized spacial score (nSPS) is 13.0. The molecule has 0 aromatic heterocycles. The summed E-state index contributed by atoms with van der Waals surface area (Å²) < 4.78 is 25.4. The second kappa shape index (κ2) is 31.6. The highest BCUT2D eigenvalue weighted by molar-refractivity contribution is 6.13. The van der Waals surface area contributed by atoms with Crippen molar-refractivity contribution >= 4 is 65.4 Å². The molecule has 63 heavy (non-hydrogen) atoms. The summed E-state index contributed by atoms with van der Waals surface area (Å²) in [6.45, 7) is 0.335. The number of hydroxylamine groups is 2. The predicted octanol–water partition coefficient (Wildman–Crippen LogP) is -1.43. The molecule has 0 bridgehead atoms. The molecular formula is C39H57N7O17. The minimum atomic E-state index is -0.951. The Balaban J connectivity index is 1.41. The van der Waals surface area contributed by atoms with Crippen LogP contribution in [-0.4, -0.2) is 179 Å². The highest BCUT2D eigenvalue weighted by Crippen LogP contribution is 2.09. The first kappa shape index (κ1) is 52.9. The van der Waals surface area contributed by atoms with Gasteiger partial charge in [0.1, 0.15) is 38.7 Å². The molecule has 2 aliphatic heterocycles. The highest BCUT2D eigenvalue weighted by atomic mass is 16.7. The molecule has 0 aromatic carbocycles. The summed E-state index contributed by atoms with van der Waals surface area (Å²) in [5.41, 5.74) is 0. The van der Waals surface area contributed by atoms with E-state index in [1.54, 1.807) is 0 Å². The molecule has 2 heterocycles. The van der Waals surface area contributed by atoms with Gasteiger partial charge in [0.25, 0.3) is 23.6 Å². The maximum atomic E-state index is 12.2. The minimum Gasteiger partial charge on any atom is -0.463 e. The number of rotatable bonds is 34. The summed E-state index contributed by atoms with van der Waals surface area (Å²) in [6, 6.07) is 0. The van der Waals surface area contributed by atoms with Crippen molar-refractivity contribution in [2.24, 2.45) is 0 Å². The van der Waals surface area contributed by atoms with Gasteiger partial charge in [0.2, 0.25) is 11.8 Å². The number of alkyl carbamates (subject to hydrolysis) is 2. The van der Waals surface area contributed by atoms with Gasteiger partial charge in [0, 0.05) is 63.3 Å². The van der Waals surface area contributed by atoms with Crippen molar-refractivity contribution in [1.82, 2.24) is 36.1 Å². The van der Waals surface area contributed by atoms with Crippen molar-refractivity contribution in [3.63, 3.8) is 0 Å². The van der Waals surface area contributed by atoms with Gasteiger partial charge in [-0.05, 0) is 32.6 Å². The fourth-order valence-electron chi connectivity index (χ4n) is 5.34. The Labute approximate surface area is 363 Å². The number of hydrogen-bond donors (Lipinski definition) is 4. The van der Waals surface area contributed by atoms with Gasteiger partial charge >= 0.3 is 24.1 Å². The van der Waals surface area contributed by atoms with Crippen molar-refractivity contribution in [2.45, 2.75) is 58.3 Å². The molecule has 0 saturated carbocycles. The first-order valence-corrected chi connectivity index (χ1v) is 20.4. The number of carbonyl (C=O) groups excluding carboxylic acids is 11. The zero-order valence-corrected chi connectivity index (χ0v) is 35.4. The third-order valence-corrected chi connectivity index (χ3v) is 8.42. The average molecular weight is 896 g/mol. The molecule has 24 nitrogen and oxygen atoms in total. The van der Waals surface area contributed by atoms with E-state index in [0.717, 1.165) is 14.9 Å². The third-order valence-electron chi connectivity index (χ3n) is 8.42. The van der Waals surface area contributed by atoms with Gasteiger partial charge in [-0.3, -0.25) is 48.2 Å². The zero-order chi connectivity index (χ0) is 46.2. The molecule has 2 aliphatic rings. The number of ether oxygens (including phenoxy) is 5. The summed E-state index contributed by atoms with van der Waals surface area (Å²) in [6.07, 6.45) is 7.32. The van der Waals surface area contributed by atoms with Crippen LogP contribution < -0.4 is 21.3 Å². The van der Waals surface area contributed by atoms with Crippen LogP contribution in [0.2, 0.25) is 0 Å². The number of esters is 1. The van der Waals surface area contributed by atoms with E-state index in [1.807, 2.05) is 0 Å². The van der Waals surface area contributed by atoms with E-state index in [0.29, 0.717) is 51.6 Å². The van der Waals surface area contributed by atoms with Crippen LogP contribution in [0.3, 0.4) is 0 Å². The quantitative estimate of drug-likeness (QED) is 0.0189. The van der Waals surface area contributed by atoms with Crippen molar-refractivity contribution in [3.05, 3.63) is 24.3 Å². The fourth-order valence-corrected chi connectivity index (χ4v) is 5.34. The maximum absolute atomic E-state index is 12.2. The van der Waals surface area contributed by atoms with Crippen LogP contribution in [-0.2, 0) is 71.7 Å². The number of ketones is 1. The van der Waals surface area contributed by atoms with Gasteiger partial charge in [-0.1, -0.05) is 12.8 Å². The number of imide groups is 2. The summed E-state index contributed by atoms with van der Waals surface area (Å²) in [4.78, 5) is 137. The fraction of sp³-hybridized carbons (Fsp3) is 0.615. The van der Waals surface area contributed by atoms with Gasteiger partial charge in [-0.15, -0.1) is 5.06 Å². The summed E-state index contributed by atoms with van der Waals surface area (Å²) in [7, 11) is 0. The van der Waals surface area contributed by atoms with E-state index in [-0.39, 0.29) is 126 Å². The molecular weight excluding hydrogens is 838 g/mol. The minimum absolute atomic E-state index is 0.0114. The zero-order valence-electron chi connectivity index (χ0n) is 35.4. The van der Waals surface area contributed by atoms with Gasteiger partial charge in [-0.25, -0.2) is 14.4 Å². The first-order chi connectivity index (χ1) is 30.2. The monoisotopic (exact) mass is 895 g/mol. The number of carbonyl (C=O) groups is 11. The topological polar surface area (TPSA) is 301 Å². The Hall–Kier alpha value is -6.27. The molecule has 0 saturated heterocycles. The molecule has 2 rings (SSSR count). The molecule has 350 valence electrons. The van der Waals surface area contributed by atoms with Crippen molar-refractivity contribution in [2.75, 3.05) is 98.6 Å². The van der Waals surface area contributed by atoms with Crippen LogP contribution in [0.15, 0.2) is 24.3 Å². The number of unbranched alkanes of at least 4 members (excludes halogenated alkanes) is 4. The smallest absolute Gasteiger partial charge is 0.407 e. The summed E-state index contributed by atoms with van der Waals surface area (Å²) in [5, 5.41) is 10.7. The van der Waals surface area contributed by atoms with E-state index < -0.39 is 37.2 Å². The SMILES string of the molecule is CC(=O)CN(CCOC(=O)CNC(=O)OCCOCCNC(=O)CCCCCN1C(=O)C=CC1=O)OC(=O)CNC(=O)OCCOCCNC(=O)CCCCCN1C(=O)C=CC1=O. The molecule has 8 amide bonds. The lowest BCUT2D eigenvalue weighted by Crippen LogP contribution is -2.39. The van der Waals surface area contributed by atoms with Gasteiger partial charge in [-0.2, -0.15) is 0 Å². The molecule has 4 N–H and O–H groups in total. The number of Topliss-reactive ketones (excluding diaryl/α,β-unsaturated/α-hetero) is 1. The summed E-state index contributed by atoms with van der Waals surface area (Å²) in [5.74, 6) is -3.87. The van der Waals surface area contributed by atoms with Gasteiger partial charge in [0.05, 0.1) is 39.5 Å². The largest absolute Gasteiger partial charge is 0.463 e. The number of nitrogens with zero attached hydrogens (tertiary/aromatic N) is 3. The van der Waals surface area contributed by atoms with Crippen molar-refractivity contribution < 1.29 is 81.3 Å². The van der Waals surface area contributed by atoms with E-state index in [2.05, 4.69) is 21.3 Å². The van der Waals surface area contributed by atoms with Crippen LogP contribution in [0, 0.1) is 0 Å². The molecule has 0 radical (unpaired) electrons. The summed E-state index contributed by atoms with van der Waals surface area (Å²) >= 11 is 0. The maximum Gasteiger partial charge on any atom is 0.407 e. The first-order valence-electron chi connectivity index (χ1n) is 20.4. The van der Waals surface area contributed by atoms with Gasteiger partial charge < -0.3 is 49.8 Å². The lowest BCUT2D eigenvalue weighted by Gasteiger charge is -2.20. The van der Waals surface area contributed by atoms with Crippen molar-refractivity contribution in [3.8, 4) is 0 Å². The van der Waals surface area contributed by atoms with Crippen LogP contribution >= 0.6 is 0 Å². The number of amides is 8. The second-order valence-corrected chi connectivity index (χ2v) is 13.6. The Kier molecular flexibility index (Phi) is 26.5. The van der Waals surface area contributed by atoms with Gasteiger partial charge in [0.15, 0.2) is 0 Å². The molecule has 0 unspecified atom stereocenters. The van der Waals surface area contributed by atoms with E-state index in [1.165, 1.54) is 31.2 Å². The average Bonchev–Trinajstić information content (AvgIpc) is 3.74. The van der Waals surface area contributed by atoms with Crippen LogP contribution in [0.5, 0.6) is 0 Å². The highest BCUT2D eigenvalue weighted by Gasteiger charge is 2.23. The van der Waals surface area contributed by atoms with Crippen LogP contribution in [0.25, 0.3) is 0 Å². The third kappa shape index (κ3) is 25.3. The van der Waals surface area contributed by atoms with Crippen LogP contribution in [0.4, 0.5) is 9.59 Å². The van der Waals surface area contributed by atoms with Crippen molar-refractivity contribution in [1.29, 1.82) is 0 Å². The van der Waals surface area contributed by atoms with E-state index in [9.17, 15) is 52.7 Å². The number of hydrogen-bond acceptors (Lipinski definition) is 18. The van der Waals surface area contributed by atoms with Crippen LogP contribution in [0.1, 0.15) is 58.3 Å². The molecule has 0 spiro atoms.